The third kappa shape index (κ3) is 3.76. The van der Waals surface area contributed by atoms with Crippen LogP contribution < -0.4 is 0 Å². The van der Waals surface area contributed by atoms with Crippen LogP contribution in [0, 0.1) is 0 Å². The number of carbonyl (C=O) groups is 1. The van der Waals surface area contributed by atoms with Crippen LogP contribution in [0.25, 0.3) is 11.2 Å². The highest BCUT2D eigenvalue weighted by Gasteiger charge is 2.41. The molecule has 0 aliphatic carbocycles. The van der Waals surface area contributed by atoms with Crippen molar-refractivity contribution in [3.63, 3.8) is 0 Å². The maximum atomic E-state index is 13.5. The number of rotatable bonds is 1. The van der Waals surface area contributed by atoms with Crippen molar-refractivity contribution >= 4 is 17.3 Å². The molecule has 1 aliphatic rings. The fourth-order valence-corrected chi connectivity index (χ4v) is 3.13. The van der Waals surface area contributed by atoms with E-state index in [1.807, 2.05) is 0 Å². The number of piperidine rings is 1. The molecule has 3 heterocycles. The Morgan fingerprint density at radius 1 is 1.31 bits per heavy atom. The van der Waals surface area contributed by atoms with Crippen LogP contribution in [0.2, 0.25) is 0 Å². The summed E-state index contributed by atoms with van der Waals surface area (Å²) >= 11 is 0. The Morgan fingerprint density at radius 3 is 2.69 bits per heavy atom. The number of hydrogen-bond donors (Lipinski definition) is 0. The minimum atomic E-state index is -4.60. The number of halogens is 3. The third-order valence-corrected chi connectivity index (χ3v) is 4.12. The Balaban J connectivity index is 1.94. The van der Waals surface area contributed by atoms with Crippen molar-refractivity contribution in [1.82, 2.24) is 19.4 Å². The molecule has 1 fully saturated rings. The van der Waals surface area contributed by atoms with Crippen LogP contribution in [-0.2, 0) is 10.9 Å². The Kier molecular flexibility index (Phi) is 4.58. The second-order valence-corrected chi connectivity index (χ2v) is 7.37. The summed E-state index contributed by atoms with van der Waals surface area (Å²) in [6.45, 7) is 5.83. The lowest BCUT2D eigenvalue weighted by Crippen LogP contribution is -2.43. The molecule has 0 radical (unpaired) electrons. The van der Waals surface area contributed by atoms with Crippen molar-refractivity contribution in [2.24, 2.45) is 0 Å². The predicted octanol–water partition coefficient (Wildman–Crippen LogP) is 4.02. The van der Waals surface area contributed by atoms with Crippen molar-refractivity contribution in [3.05, 3.63) is 24.2 Å². The van der Waals surface area contributed by atoms with E-state index in [2.05, 4.69) is 9.97 Å². The zero-order valence-corrected chi connectivity index (χ0v) is 14.9. The predicted molar refractivity (Wildman–Crippen MR) is 88.6 cm³/mol. The second kappa shape index (κ2) is 6.44. The van der Waals surface area contributed by atoms with Crippen LogP contribution in [-0.4, -0.2) is 44.2 Å². The van der Waals surface area contributed by atoms with E-state index >= 15 is 0 Å². The van der Waals surface area contributed by atoms with Crippen LogP contribution in [0.15, 0.2) is 18.3 Å². The lowest BCUT2D eigenvalue weighted by molar-refractivity contribution is -0.148. The summed E-state index contributed by atoms with van der Waals surface area (Å²) < 4.78 is 47.0. The van der Waals surface area contributed by atoms with Gasteiger partial charge in [0.25, 0.3) is 0 Å². The molecule has 6 nitrogen and oxygen atoms in total. The molecular formula is C17H21F3N4O2. The number of imidazole rings is 1. The Bertz CT molecular complexity index is 810. The van der Waals surface area contributed by atoms with E-state index in [1.165, 1.54) is 17.2 Å². The van der Waals surface area contributed by atoms with Crippen molar-refractivity contribution in [2.45, 2.75) is 51.4 Å². The summed E-state index contributed by atoms with van der Waals surface area (Å²) in [6.07, 6.45) is -2.60. The lowest BCUT2D eigenvalue weighted by Gasteiger charge is -2.35. The number of carbonyl (C=O) groups excluding carboxylic acids is 1. The number of amides is 1. The van der Waals surface area contributed by atoms with Crippen molar-refractivity contribution in [1.29, 1.82) is 0 Å². The number of nitrogens with zero attached hydrogens (tertiary/aromatic N) is 4. The van der Waals surface area contributed by atoms with Crippen LogP contribution >= 0.6 is 0 Å². The van der Waals surface area contributed by atoms with Gasteiger partial charge in [-0.2, -0.15) is 13.2 Å². The van der Waals surface area contributed by atoms with Gasteiger partial charge in [0.2, 0.25) is 5.82 Å². The van der Waals surface area contributed by atoms with E-state index in [0.29, 0.717) is 19.4 Å². The van der Waals surface area contributed by atoms with Crippen molar-refractivity contribution in [3.8, 4) is 0 Å². The maximum absolute atomic E-state index is 13.5. The number of alkyl halides is 3. The number of pyridine rings is 1. The zero-order valence-electron chi connectivity index (χ0n) is 14.9. The van der Waals surface area contributed by atoms with Crippen molar-refractivity contribution < 1.29 is 22.7 Å². The first kappa shape index (κ1) is 18.5. The highest BCUT2D eigenvalue weighted by Crippen LogP contribution is 2.35. The molecule has 1 atom stereocenters. The third-order valence-electron chi connectivity index (χ3n) is 4.12. The van der Waals surface area contributed by atoms with E-state index in [0.717, 1.165) is 4.57 Å². The molecule has 1 amide bonds. The van der Waals surface area contributed by atoms with Gasteiger partial charge < -0.3 is 14.2 Å². The normalized spacial score (nSPS) is 19.0. The average Bonchev–Trinajstić information content (AvgIpc) is 2.93. The first-order valence-corrected chi connectivity index (χ1v) is 8.44. The SMILES string of the molecule is CC(C)(C)OC(=O)N1CCC[C@@H](n2c(C(F)(F)F)nc3cccnc32)C1. The topological polar surface area (TPSA) is 60.2 Å². The smallest absolute Gasteiger partial charge is 0.444 e. The molecule has 1 aliphatic heterocycles. The van der Waals surface area contributed by atoms with Gasteiger partial charge in [0.05, 0.1) is 6.04 Å². The fourth-order valence-electron chi connectivity index (χ4n) is 3.13. The molecule has 0 unspecified atom stereocenters. The van der Waals surface area contributed by atoms with Gasteiger partial charge in [-0.05, 0) is 45.7 Å². The summed E-state index contributed by atoms with van der Waals surface area (Å²) in [7, 11) is 0. The molecule has 0 N–H and O–H groups in total. The van der Waals surface area contributed by atoms with Gasteiger partial charge in [0.15, 0.2) is 5.65 Å². The molecule has 142 valence electrons. The number of aromatic nitrogens is 3. The Hall–Kier alpha value is -2.32. The molecule has 2 aromatic heterocycles. The largest absolute Gasteiger partial charge is 0.449 e. The summed E-state index contributed by atoms with van der Waals surface area (Å²) in [5.74, 6) is -0.984. The fraction of sp³-hybridized carbons (Fsp3) is 0.588. The molecule has 9 heteroatoms. The number of ether oxygens (including phenoxy) is 1. The highest BCUT2D eigenvalue weighted by atomic mass is 19.4. The van der Waals surface area contributed by atoms with Crippen molar-refractivity contribution in [2.75, 3.05) is 13.1 Å². The van der Waals surface area contributed by atoms with Gasteiger partial charge >= 0.3 is 12.3 Å². The monoisotopic (exact) mass is 370 g/mol. The van der Waals surface area contributed by atoms with Crippen LogP contribution in [0.5, 0.6) is 0 Å². The number of likely N-dealkylation sites (tertiary alicyclic amines) is 1. The number of hydrogen-bond acceptors (Lipinski definition) is 4. The van der Waals surface area contributed by atoms with Gasteiger partial charge in [-0.3, -0.25) is 0 Å². The first-order valence-electron chi connectivity index (χ1n) is 8.44. The van der Waals surface area contributed by atoms with Crippen LogP contribution in [0.4, 0.5) is 18.0 Å². The Labute approximate surface area is 149 Å². The minimum Gasteiger partial charge on any atom is -0.444 e. The summed E-state index contributed by atoms with van der Waals surface area (Å²) in [6, 6.07) is 2.49. The second-order valence-electron chi connectivity index (χ2n) is 7.37. The molecule has 26 heavy (non-hydrogen) atoms. The van der Waals surface area contributed by atoms with E-state index in [4.69, 9.17) is 4.74 Å². The van der Waals surface area contributed by atoms with Crippen LogP contribution in [0.1, 0.15) is 45.5 Å². The minimum absolute atomic E-state index is 0.125. The van der Waals surface area contributed by atoms with E-state index in [1.54, 1.807) is 26.8 Å². The first-order chi connectivity index (χ1) is 12.1. The summed E-state index contributed by atoms with van der Waals surface area (Å²) in [4.78, 5) is 21.6. The van der Waals surface area contributed by atoms with E-state index in [9.17, 15) is 18.0 Å². The molecule has 3 rings (SSSR count). The zero-order chi connectivity index (χ0) is 19.1. The molecule has 0 bridgehead atoms. The summed E-state index contributed by atoms with van der Waals surface area (Å²) in [5, 5.41) is 0. The molecule has 0 aromatic carbocycles. The van der Waals surface area contributed by atoms with Crippen LogP contribution in [0.3, 0.4) is 0 Å². The summed E-state index contributed by atoms with van der Waals surface area (Å²) in [5.41, 5.74) is -0.296. The van der Waals surface area contributed by atoms with Gasteiger partial charge in [-0.25, -0.2) is 14.8 Å². The Morgan fingerprint density at radius 2 is 2.04 bits per heavy atom. The molecule has 1 saturated heterocycles. The molecule has 0 spiro atoms. The quantitative estimate of drug-likeness (QED) is 0.761. The van der Waals surface area contributed by atoms with Gasteiger partial charge in [-0.1, -0.05) is 0 Å². The van der Waals surface area contributed by atoms with E-state index < -0.39 is 29.7 Å². The van der Waals surface area contributed by atoms with E-state index in [-0.39, 0.29) is 17.7 Å². The average molecular weight is 370 g/mol. The molecule has 2 aromatic rings. The van der Waals surface area contributed by atoms with Gasteiger partial charge in [0, 0.05) is 19.3 Å². The van der Waals surface area contributed by atoms with Gasteiger partial charge in [0.1, 0.15) is 11.1 Å². The lowest BCUT2D eigenvalue weighted by atomic mass is 10.1. The highest BCUT2D eigenvalue weighted by molar-refractivity contribution is 5.72. The maximum Gasteiger partial charge on any atom is 0.449 e. The standard InChI is InChI=1S/C17H21F3N4O2/c1-16(2,3)26-15(25)23-9-5-6-11(10-23)24-13-12(7-4-8-21-13)22-14(24)17(18,19)20/h4,7-8,11H,5-6,9-10H2,1-3H3/t11-/m1/s1. The van der Waals surface area contributed by atoms with Gasteiger partial charge in [-0.15, -0.1) is 0 Å². The molecular weight excluding hydrogens is 349 g/mol. The number of fused-ring (bicyclic) bond motifs is 1. The molecule has 0 saturated carbocycles.